The molecule has 0 saturated carbocycles. The van der Waals surface area contributed by atoms with Gasteiger partial charge in [-0.05, 0) is 12.1 Å². The standard InChI is InChI=1S/C10H4Cl2N4O2/c11-7-3-5(4-8(12)14-7)9-15-16-10(17-9)6-1-2-13-18-6/h1-4H. The Morgan fingerprint density at radius 1 is 1.00 bits per heavy atom. The number of hydrogen-bond donors (Lipinski definition) is 0. The van der Waals surface area contributed by atoms with E-state index >= 15 is 0 Å². The lowest BCUT2D eigenvalue weighted by molar-refractivity contribution is 0.416. The molecule has 0 radical (unpaired) electrons. The molecule has 0 aliphatic carbocycles. The van der Waals surface area contributed by atoms with Crippen LogP contribution < -0.4 is 0 Å². The minimum absolute atomic E-state index is 0.228. The molecule has 0 aliphatic rings. The summed E-state index contributed by atoms with van der Waals surface area (Å²) in [5, 5.41) is 11.8. The molecule has 0 aromatic carbocycles. The summed E-state index contributed by atoms with van der Waals surface area (Å²) in [4.78, 5) is 3.83. The van der Waals surface area contributed by atoms with Crippen LogP contribution in [0.4, 0.5) is 0 Å². The topological polar surface area (TPSA) is 77.8 Å². The van der Waals surface area contributed by atoms with E-state index in [1.165, 1.54) is 6.20 Å². The largest absolute Gasteiger partial charge is 0.413 e. The zero-order valence-electron chi connectivity index (χ0n) is 8.67. The van der Waals surface area contributed by atoms with Gasteiger partial charge >= 0.3 is 0 Å². The minimum atomic E-state index is 0.228. The third-order valence-electron chi connectivity index (χ3n) is 2.08. The van der Waals surface area contributed by atoms with E-state index in [0.717, 1.165) is 0 Å². The second kappa shape index (κ2) is 4.40. The second-order valence-electron chi connectivity index (χ2n) is 3.29. The fourth-order valence-corrected chi connectivity index (χ4v) is 1.81. The summed E-state index contributed by atoms with van der Waals surface area (Å²) in [6, 6.07) is 4.76. The van der Waals surface area contributed by atoms with Gasteiger partial charge in [-0.25, -0.2) is 4.98 Å². The Morgan fingerprint density at radius 2 is 1.72 bits per heavy atom. The van der Waals surface area contributed by atoms with Crippen molar-refractivity contribution in [3.05, 3.63) is 34.7 Å². The lowest BCUT2D eigenvalue weighted by Crippen LogP contribution is -1.82. The van der Waals surface area contributed by atoms with Crippen LogP contribution in [0.3, 0.4) is 0 Å². The van der Waals surface area contributed by atoms with E-state index in [9.17, 15) is 0 Å². The molecule has 3 rings (SSSR count). The summed E-state index contributed by atoms with van der Waals surface area (Å²) in [5.74, 6) is 0.888. The Hall–Kier alpha value is -1.92. The Kier molecular flexibility index (Phi) is 2.73. The van der Waals surface area contributed by atoms with Crippen LogP contribution in [0.15, 0.2) is 33.3 Å². The van der Waals surface area contributed by atoms with Gasteiger partial charge in [-0.3, -0.25) is 0 Å². The van der Waals surface area contributed by atoms with Crippen molar-refractivity contribution in [2.75, 3.05) is 0 Å². The van der Waals surface area contributed by atoms with Gasteiger partial charge in [-0.2, -0.15) is 0 Å². The predicted octanol–water partition coefficient (Wildman–Crippen LogP) is 3.09. The first-order chi connectivity index (χ1) is 8.72. The quantitative estimate of drug-likeness (QED) is 0.672. The number of aromatic nitrogens is 4. The van der Waals surface area contributed by atoms with Crippen LogP contribution in [0.2, 0.25) is 10.3 Å². The summed E-state index contributed by atoms with van der Waals surface area (Å²) in [5.41, 5.74) is 0.582. The molecule has 8 heteroatoms. The number of nitrogens with zero attached hydrogens (tertiary/aromatic N) is 4. The van der Waals surface area contributed by atoms with Gasteiger partial charge in [-0.1, -0.05) is 28.4 Å². The van der Waals surface area contributed by atoms with Gasteiger partial charge in [0, 0.05) is 11.6 Å². The van der Waals surface area contributed by atoms with Crippen LogP contribution in [-0.2, 0) is 0 Å². The normalized spacial score (nSPS) is 10.8. The average molecular weight is 283 g/mol. The molecule has 18 heavy (non-hydrogen) atoms. The summed E-state index contributed by atoms with van der Waals surface area (Å²) < 4.78 is 10.3. The van der Waals surface area contributed by atoms with Crippen LogP contribution in [0.5, 0.6) is 0 Å². The fraction of sp³-hybridized carbons (Fsp3) is 0. The van der Waals surface area contributed by atoms with Crippen LogP contribution in [0.1, 0.15) is 0 Å². The number of rotatable bonds is 2. The molecule has 0 N–H and O–H groups in total. The maximum Gasteiger partial charge on any atom is 0.286 e. The van der Waals surface area contributed by atoms with Gasteiger partial charge in [-0.15, -0.1) is 10.2 Å². The summed E-state index contributed by atoms with van der Waals surface area (Å²) >= 11 is 11.6. The first-order valence-corrected chi connectivity index (χ1v) is 5.56. The van der Waals surface area contributed by atoms with E-state index in [4.69, 9.17) is 32.1 Å². The summed E-state index contributed by atoms with van der Waals surface area (Å²) in [6.45, 7) is 0. The van der Waals surface area contributed by atoms with E-state index in [0.29, 0.717) is 11.3 Å². The van der Waals surface area contributed by atoms with Crippen molar-refractivity contribution in [2.45, 2.75) is 0 Å². The molecule has 0 unspecified atom stereocenters. The molecule has 0 saturated heterocycles. The van der Waals surface area contributed by atoms with Gasteiger partial charge < -0.3 is 8.94 Å². The van der Waals surface area contributed by atoms with Crippen LogP contribution in [-0.4, -0.2) is 20.3 Å². The van der Waals surface area contributed by atoms with Crippen molar-refractivity contribution in [1.82, 2.24) is 20.3 Å². The molecule has 3 heterocycles. The van der Waals surface area contributed by atoms with E-state index in [1.807, 2.05) is 0 Å². The van der Waals surface area contributed by atoms with E-state index in [1.54, 1.807) is 18.2 Å². The smallest absolute Gasteiger partial charge is 0.286 e. The van der Waals surface area contributed by atoms with Gasteiger partial charge in [0.15, 0.2) is 0 Å². The highest BCUT2D eigenvalue weighted by molar-refractivity contribution is 6.32. The monoisotopic (exact) mass is 282 g/mol. The molecule has 90 valence electrons. The Labute approximate surface area is 111 Å². The molecular weight excluding hydrogens is 279 g/mol. The highest BCUT2D eigenvalue weighted by atomic mass is 35.5. The number of hydrogen-bond acceptors (Lipinski definition) is 6. The van der Waals surface area contributed by atoms with Gasteiger partial charge in [0.2, 0.25) is 11.7 Å². The highest BCUT2D eigenvalue weighted by Gasteiger charge is 2.14. The van der Waals surface area contributed by atoms with Crippen molar-refractivity contribution in [2.24, 2.45) is 0 Å². The van der Waals surface area contributed by atoms with Crippen LogP contribution in [0.25, 0.3) is 23.1 Å². The van der Waals surface area contributed by atoms with Crippen molar-refractivity contribution in [1.29, 1.82) is 0 Å². The molecular formula is C10H4Cl2N4O2. The third kappa shape index (κ3) is 2.07. The molecule has 0 fully saturated rings. The first-order valence-electron chi connectivity index (χ1n) is 4.80. The van der Waals surface area contributed by atoms with E-state index < -0.39 is 0 Å². The molecule has 0 bridgehead atoms. The average Bonchev–Trinajstić information content (AvgIpc) is 2.99. The van der Waals surface area contributed by atoms with E-state index in [2.05, 4.69) is 20.3 Å². The van der Waals surface area contributed by atoms with Gasteiger partial charge in [0.05, 0.1) is 6.20 Å². The Balaban J connectivity index is 2.03. The SMILES string of the molecule is Clc1cc(-c2nnc(-c3ccno3)o2)cc(Cl)n1. The van der Waals surface area contributed by atoms with Crippen molar-refractivity contribution < 1.29 is 8.94 Å². The fourth-order valence-electron chi connectivity index (χ4n) is 1.35. The molecule has 3 aromatic rings. The second-order valence-corrected chi connectivity index (χ2v) is 4.06. The van der Waals surface area contributed by atoms with Crippen molar-refractivity contribution in [3.63, 3.8) is 0 Å². The molecule has 0 amide bonds. The predicted molar refractivity (Wildman–Crippen MR) is 63.0 cm³/mol. The maximum absolute atomic E-state index is 5.79. The Morgan fingerprint density at radius 3 is 2.39 bits per heavy atom. The number of halogens is 2. The van der Waals surface area contributed by atoms with Crippen molar-refractivity contribution in [3.8, 4) is 23.1 Å². The molecule has 0 aliphatic heterocycles. The molecule has 3 aromatic heterocycles. The van der Waals surface area contributed by atoms with Gasteiger partial charge in [0.25, 0.3) is 5.89 Å². The lowest BCUT2D eigenvalue weighted by atomic mass is 10.3. The number of pyridine rings is 1. The van der Waals surface area contributed by atoms with E-state index in [-0.39, 0.29) is 22.1 Å². The first kappa shape index (κ1) is 11.2. The highest BCUT2D eigenvalue weighted by Crippen LogP contribution is 2.26. The molecule has 0 atom stereocenters. The zero-order valence-corrected chi connectivity index (χ0v) is 10.2. The summed E-state index contributed by atoms with van der Waals surface area (Å²) in [6.07, 6.45) is 1.49. The molecule has 0 spiro atoms. The summed E-state index contributed by atoms with van der Waals surface area (Å²) in [7, 11) is 0. The van der Waals surface area contributed by atoms with Crippen LogP contribution >= 0.6 is 23.2 Å². The Bertz CT molecular complexity index is 661. The van der Waals surface area contributed by atoms with Crippen LogP contribution in [0, 0.1) is 0 Å². The molecule has 6 nitrogen and oxygen atoms in total. The third-order valence-corrected chi connectivity index (χ3v) is 2.47. The van der Waals surface area contributed by atoms with Crippen molar-refractivity contribution >= 4 is 23.2 Å². The minimum Gasteiger partial charge on any atom is -0.413 e. The zero-order chi connectivity index (χ0) is 12.5. The lowest BCUT2D eigenvalue weighted by Gasteiger charge is -1.96. The van der Waals surface area contributed by atoms with Gasteiger partial charge in [0.1, 0.15) is 10.3 Å². The maximum atomic E-state index is 5.79.